The van der Waals surface area contributed by atoms with Crippen molar-refractivity contribution in [2.75, 3.05) is 33.3 Å². The standard InChI is InChI=1S/C12H23N3O2/c1-12(2)9(8-10(12)17-3)13-4-6-15-7-5-14-11(15)16/h9-10,13H,4-8H2,1-3H3,(H,14,16). The first-order valence-electron chi connectivity index (χ1n) is 6.34. The molecule has 1 heterocycles. The van der Waals surface area contributed by atoms with Crippen LogP contribution in [0, 0.1) is 5.41 Å². The van der Waals surface area contributed by atoms with Crippen LogP contribution in [0.5, 0.6) is 0 Å². The lowest BCUT2D eigenvalue weighted by Gasteiger charge is -2.51. The molecule has 17 heavy (non-hydrogen) atoms. The molecule has 2 aliphatic rings. The van der Waals surface area contributed by atoms with E-state index in [4.69, 9.17) is 4.74 Å². The van der Waals surface area contributed by atoms with Crippen molar-refractivity contribution in [1.29, 1.82) is 0 Å². The smallest absolute Gasteiger partial charge is 0.317 e. The zero-order valence-corrected chi connectivity index (χ0v) is 11.0. The van der Waals surface area contributed by atoms with Crippen LogP contribution in [0.15, 0.2) is 0 Å². The quantitative estimate of drug-likeness (QED) is 0.733. The van der Waals surface area contributed by atoms with Crippen molar-refractivity contribution in [3.05, 3.63) is 0 Å². The first-order valence-corrected chi connectivity index (χ1v) is 6.34. The van der Waals surface area contributed by atoms with Gasteiger partial charge < -0.3 is 20.3 Å². The van der Waals surface area contributed by atoms with Crippen molar-refractivity contribution in [3.8, 4) is 0 Å². The van der Waals surface area contributed by atoms with Crippen molar-refractivity contribution in [2.45, 2.75) is 32.4 Å². The normalized spacial score (nSPS) is 31.2. The predicted molar refractivity (Wildman–Crippen MR) is 66.0 cm³/mol. The molecule has 98 valence electrons. The number of rotatable bonds is 5. The van der Waals surface area contributed by atoms with Crippen LogP contribution >= 0.6 is 0 Å². The average Bonchev–Trinajstić information content (AvgIpc) is 2.68. The molecule has 2 amide bonds. The second-order valence-corrected chi connectivity index (χ2v) is 5.51. The minimum atomic E-state index is 0.0643. The summed E-state index contributed by atoms with van der Waals surface area (Å²) >= 11 is 0. The van der Waals surface area contributed by atoms with E-state index in [0.29, 0.717) is 12.1 Å². The molecule has 0 aromatic rings. The number of nitrogens with one attached hydrogen (secondary N) is 2. The highest BCUT2D eigenvalue weighted by Gasteiger charge is 2.48. The number of methoxy groups -OCH3 is 1. The maximum Gasteiger partial charge on any atom is 0.317 e. The summed E-state index contributed by atoms with van der Waals surface area (Å²) in [7, 11) is 1.78. The number of hydrogen-bond acceptors (Lipinski definition) is 3. The minimum absolute atomic E-state index is 0.0643. The molecular formula is C12H23N3O2. The number of urea groups is 1. The molecule has 1 aliphatic carbocycles. The molecule has 0 aromatic heterocycles. The Bertz CT molecular complexity index is 293. The molecular weight excluding hydrogens is 218 g/mol. The Morgan fingerprint density at radius 3 is 2.88 bits per heavy atom. The van der Waals surface area contributed by atoms with Gasteiger partial charge in [-0.05, 0) is 6.42 Å². The Morgan fingerprint density at radius 1 is 1.59 bits per heavy atom. The summed E-state index contributed by atoms with van der Waals surface area (Å²) in [6, 6.07) is 0.563. The van der Waals surface area contributed by atoms with E-state index in [2.05, 4.69) is 24.5 Å². The van der Waals surface area contributed by atoms with E-state index in [1.54, 1.807) is 7.11 Å². The topological polar surface area (TPSA) is 53.6 Å². The third-order valence-corrected chi connectivity index (χ3v) is 4.18. The first kappa shape index (κ1) is 12.6. The van der Waals surface area contributed by atoms with Crippen molar-refractivity contribution >= 4 is 6.03 Å². The van der Waals surface area contributed by atoms with Gasteiger partial charge in [0.2, 0.25) is 0 Å². The number of hydrogen-bond donors (Lipinski definition) is 2. The van der Waals surface area contributed by atoms with Crippen LogP contribution < -0.4 is 10.6 Å². The van der Waals surface area contributed by atoms with Crippen molar-refractivity contribution in [2.24, 2.45) is 5.41 Å². The summed E-state index contributed by atoms with van der Waals surface area (Å²) in [6.45, 7) is 7.71. The van der Waals surface area contributed by atoms with Gasteiger partial charge in [-0.15, -0.1) is 0 Å². The lowest BCUT2D eigenvalue weighted by Crippen LogP contribution is -2.61. The fraction of sp³-hybridized carbons (Fsp3) is 0.917. The maximum atomic E-state index is 11.3. The van der Waals surface area contributed by atoms with Crippen LogP contribution in [0.2, 0.25) is 0 Å². The van der Waals surface area contributed by atoms with E-state index in [0.717, 1.165) is 32.6 Å². The number of nitrogens with zero attached hydrogens (tertiary/aromatic N) is 1. The number of ether oxygens (including phenoxy) is 1. The van der Waals surface area contributed by atoms with Crippen LogP contribution in [-0.4, -0.2) is 56.4 Å². The second kappa shape index (κ2) is 4.82. The molecule has 5 heteroatoms. The first-order chi connectivity index (χ1) is 8.05. The highest BCUT2D eigenvalue weighted by atomic mass is 16.5. The van der Waals surface area contributed by atoms with Gasteiger partial charge in [-0.25, -0.2) is 4.79 Å². The molecule has 2 unspecified atom stereocenters. The van der Waals surface area contributed by atoms with E-state index < -0.39 is 0 Å². The van der Waals surface area contributed by atoms with E-state index in [9.17, 15) is 4.79 Å². The number of carbonyl (C=O) groups is 1. The second-order valence-electron chi connectivity index (χ2n) is 5.51. The van der Waals surface area contributed by atoms with E-state index >= 15 is 0 Å². The molecule has 1 saturated carbocycles. The monoisotopic (exact) mass is 241 g/mol. The summed E-state index contributed by atoms with van der Waals surface area (Å²) in [6.07, 6.45) is 1.42. The zero-order valence-electron chi connectivity index (χ0n) is 11.0. The Balaban J connectivity index is 1.68. The lowest BCUT2D eigenvalue weighted by molar-refractivity contribution is -0.0973. The van der Waals surface area contributed by atoms with Crippen LogP contribution in [0.4, 0.5) is 4.79 Å². The van der Waals surface area contributed by atoms with Crippen molar-refractivity contribution < 1.29 is 9.53 Å². The van der Waals surface area contributed by atoms with E-state index in [1.165, 1.54) is 0 Å². The maximum absolute atomic E-state index is 11.3. The molecule has 2 N–H and O–H groups in total. The fourth-order valence-corrected chi connectivity index (χ4v) is 2.73. The molecule has 0 spiro atoms. The largest absolute Gasteiger partial charge is 0.381 e. The number of amides is 2. The van der Waals surface area contributed by atoms with Gasteiger partial charge in [0.05, 0.1) is 6.10 Å². The molecule has 1 aliphatic heterocycles. The van der Waals surface area contributed by atoms with Gasteiger partial charge in [-0.1, -0.05) is 13.8 Å². The van der Waals surface area contributed by atoms with Gasteiger partial charge >= 0.3 is 6.03 Å². The van der Waals surface area contributed by atoms with Gasteiger partial charge in [0.1, 0.15) is 0 Å². The summed E-state index contributed by atoms with van der Waals surface area (Å²) in [4.78, 5) is 13.2. The van der Waals surface area contributed by atoms with Crippen LogP contribution in [0.1, 0.15) is 20.3 Å². The SMILES string of the molecule is COC1CC(NCCN2CCNC2=O)C1(C)C. The zero-order chi connectivity index (χ0) is 12.5. The molecule has 0 aromatic carbocycles. The minimum Gasteiger partial charge on any atom is -0.381 e. The van der Waals surface area contributed by atoms with Gasteiger partial charge in [0.15, 0.2) is 0 Å². The van der Waals surface area contributed by atoms with Crippen LogP contribution in [0.25, 0.3) is 0 Å². The molecule has 2 atom stereocenters. The summed E-state index contributed by atoms with van der Waals surface area (Å²) in [5.74, 6) is 0. The van der Waals surface area contributed by atoms with E-state index in [-0.39, 0.29) is 11.4 Å². The Labute approximate surface area is 103 Å². The molecule has 0 radical (unpaired) electrons. The number of carbonyl (C=O) groups excluding carboxylic acids is 1. The molecule has 2 fully saturated rings. The third-order valence-electron chi connectivity index (χ3n) is 4.18. The average molecular weight is 241 g/mol. The van der Waals surface area contributed by atoms with Gasteiger partial charge in [0, 0.05) is 44.7 Å². The van der Waals surface area contributed by atoms with Gasteiger partial charge in [-0.3, -0.25) is 0 Å². The molecule has 2 rings (SSSR count). The summed E-state index contributed by atoms with van der Waals surface area (Å²) < 4.78 is 5.41. The van der Waals surface area contributed by atoms with E-state index in [1.807, 2.05) is 4.90 Å². The van der Waals surface area contributed by atoms with Gasteiger partial charge in [-0.2, -0.15) is 0 Å². The highest BCUT2D eigenvalue weighted by Crippen LogP contribution is 2.42. The van der Waals surface area contributed by atoms with Crippen molar-refractivity contribution in [3.63, 3.8) is 0 Å². The Hall–Kier alpha value is -0.810. The molecule has 1 saturated heterocycles. The Morgan fingerprint density at radius 2 is 2.35 bits per heavy atom. The molecule has 5 nitrogen and oxygen atoms in total. The highest BCUT2D eigenvalue weighted by molar-refractivity contribution is 5.76. The fourth-order valence-electron chi connectivity index (χ4n) is 2.73. The lowest BCUT2D eigenvalue weighted by atomic mass is 9.64. The third kappa shape index (κ3) is 2.40. The summed E-state index contributed by atoms with van der Waals surface area (Å²) in [5, 5.41) is 6.33. The summed E-state index contributed by atoms with van der Waals surface area (Å²) in [5.41, 5.74) is 0.196. The van der Waals surface area contributed by atoms with Crippen LogP contribution in [0.3, 0.4) is 0 Å². The Kier molecular flexibility index (Phi) is 3.58. The predicted octanol–water partition coefficient (Wildman–Crippen LogP) is 0.415. The van der Waals surface area contributed by atoms with Gasteiger partial charge in [0.25, 0.3) is 0 Å². The van der Waals surface area contributed by atoms with Crippen LogP contribution in [-0.2, 0) is 4.74 Å². The molecule has 0 bridgehead atoms. The van der Waals surface area contributed by atoms with Crippen molar-refractivity contribution in [1.82, 2.24) is 15.5 Å².